The monoisotopic (exact) mass is 426 g/mol. The summed E-state index contributed by atoms with van der Waals surface area (Å²) in [5.74, 6) is -2.46. The summed E-state index contributed by atoms with van der Waals surface area (Å²) in [5, 5.41) is 10.4. The maximum atomic E-state index is 12.7. The minimum Gasteiger partial charge on any atom is -0.545 e. The van der Waals surface area contributed by atoms with Gasteiger partial charge >= 0.3 is 5.51 Å². The molecule has 1 saturated heterocycles. The number of carbonyl (C=O) groups is 3. The molecule has 146 valence electrons. The lowest BCUT2D eigenvalue weighted by molar-refractivity contribution is -0.255. The molecule has 0 N–H and O–H groups in total. The Morgan fingerprint density at radius 3 is 2.32 bits per heavy atom. The topological polar surface area (TPSA) is 77.5 Å². The Balaban J connectivity index is 1.78. The number of carbonyl (C=O) groups excluding carboxylic acids is 3. The average molecular weight is 426 g/mol. The van der Waals surface area contributed by atoms with E-state index in [9.17, 15) is 32.7 Å². The van der Waals surface area contributed by atoms with Crippen molar-refractivity contribution < 1.29 is 32.7 Å². The lowest BCUT2D eigenvalue weighted by Gasteiger charge is -2.16. The number of amides is 2. The summed E-state index contributed by atoms with van der Waals surface area (Å²) in [6.07, 6.45) is -0.149. The summed E-state index contributed by atoms with van der Waals surface area (Å²) in [5.41, 5.74) is -4.35. The third kappa shape index (κ3) is 4.50. The van der Waals surface area contributed by atoms with Gasteiger partial charge in [0, 0.05) is 21.8 Å². The Morgan fingerprint density at radius 2 is 1.71 bits per heavy atom. The van der Waals surface area contributed by atoms with Crippen LogP contribution in [0.3, 0.4) is 0 Å². The van der Waals surface area contributed by atoms with Crippen molar-refractivity contribution in [3.8, 4) is 0 Å². The van der Waals surface area contributed by atoms with Crippen molar-refractivity contribution in [1.29, 1.82) is 0 Å². The van der Waals surface area contributed by atoms with Crippen LogP contribution in [-0.4, -0.2) is 28.5 Å². The maximum Gasteiger partial charge on any atom is 0.446 e. The van der Waals surface area contributed by atoms with E-state index in [-0.39, 0.29) is 34.3 Å². The molecular weight excluding hydrogens is 415 g/mol. The molecule has 2 aromatic carbocycles. The number of imide groups is 1. The first-order valence-corrected chi connectivity index (χ1v) is 9.55. The highest BCUT2D eigenvalue weighted by molar-refractivity contribution is 8.00. The number of carboxylic acids is 1. The van der Waals surface area contributed by atoms with Crippen LogP contribution >= 0.6 is 23.5 Å². The number of thioether (sulfide) groups is 2. The first-order chi connectivity index (χ1) is 13.2. The van der Waals surface area contributed by atoms with E-state index in [0.29, 0.717) is 4.90 Å². The molecule has 2 aromatic rings. The molecule has 0 aromatic heterocycles. The number of hydrogen-bond donors (Lipinski definition) is 0. The zero-order valence-electron chi connectivity index (χ0n) is 13.9. The summed E-state index contributed by atoms with van der Waals surface area (Å²) in [4.78, 5) is 37.3. The van der Waals surface area contributed by atoms with Crippen molar-refractivity contribution in [3.05, 3.63) is 54.1 Å². The molecule has 0 bridgehead atoms. The van der Waals surface area contributed by atoms with Gasteiger partial charge in [0.15, 0.2) is 0 Å². The lowest BCUT2D eigenvalue weighted by Crippen LogP contribution is -2.31. The number of nitrogens with zero attached hydrogens (tertiary/aromatic N) is 1. The summed E-state index contributed by atoms with van der Waals surface area (Å²) >= 11 is 0.648. The molecule has 1 atom stereocenters. The molecule has 0 unspecified atom stereocenters. The molecule has 1 aliphatic rings. The molecule has 1 heterocycles. The van der Waals surface area contributed by atoms with Gasteiger partial charge in [-0.3, -0.25) is 9.59 Å². The molecule has 1 aliphatic heterocycles. The predicted molar refractivity (Wildman–Crippen MR) is 95.9 cm³/mol. The Hall–Kier alpha value is -2.46. The van der Waals surface area contributed by atoms with Gasteiger partial charge in [-0.1, -0.05) is 18.2 Å². The number of alkyl halides is 3. The van der Waals surface area contributed by atoms with Gasteiger partial charge in [0.2, 0.25) is 11.8 Å². The minimum absolute atomic E-state index is 0.0656. The van der Waals surface area contributed by atoms with E-state index in [1.807, 2.05) is 0 Å². The highest BCUT2D eigenvalue weighted by Crippen LogP contribution is 2.39. The third-order valence-electron chi connectivity index (χ3n) is 3.81. The second kappa shape index (κ2) is 7.88. The number of anilines is 1. The molecule has 10 heteroatoms. The van der Waals surface area contributed by atoms with Crippen LogP contribution < -0.4 is 10.0 Å². The minimum atomic E-state index is -4.44. The van der Waals surface area contributed by atoms with E-state index in [0.717, 1.165) is 16.7 Å². The predicted octanol–water partition coefficient (Wildman–Crippen LogP) is 3.09. The molecule has 0 saturated carbocycles. The molecule has 0 radical (unpaired) electrons. The first-order valence-electron chi connectivity index (χ1n) is 7.85. The van der Waals surface area contributed by atoms with Gasteiger partial charge in [-0.2, -0.15) is 13.2 Å². The largest absolute Gasteiger partial charge is 0.545 e. The summed E-state index contributed by atoms with van der Waals surface area (Å²) < 4.78 is 37.2. The second-order valence-electron chi connectivity index (χ2n) is 5.70. The zero-order valence-corrected chi connectivity index (χ0v) is 15.6. The van der Waals surface area contributed by atoms with Crippen LogP contribution in [0.15, 0.2) is 58.3 Å². The Labute approximate surface area is 165 Å². The number of rotatable bonds is 5. The van der Waals surface area contributed by atoms with Crippen LogP contribution in [0.1, 0.15) is 16.8 Å². The summed E-state index contributed by atoms with van der Waals surface area (Å²) in [6.45, 7) is 0. The van der Waals surface area contributed by atoms with Crippen molar-refractivity contribution in [2.75, 3.05) is 4.90 Å². The normalized spacial score (nSPS) is 17.2. The van der Waals surface area contributed by atoms with E-state index >= 15 is 0 Å². The van der Waals surface area contributed by atoms with Gasteiger partial charge in [0.25, 0.3) is 0 Å². The Kier molecular flexibility index (Phi) is 5.71. The maximum absolute atomic E-state index is 12.7. The fourth-order valence-electron chi connectivity index (χ4n) is 2.66. The third-order valence-corrected chi connectivity index (χ3v) is 5.81. The number of aromatic carboxylic acids is 1. The van der Waals surface area contributed by atoms with E-state index in [1.165, 1.54) is 42.5 Å². The van der Waals surface area contributed by atoms with Crippen molar-refractivity contribution in [2.24, 2.45) is 0 Å². The Morgan fingerprint density at radius 1 is 1.07 bits per heavy atom. The van der Waals surface area contributed by atoms with Crippen LogP contribution in [0.4, 0.5) is 18.9 Å². The van der Waals surface area contributed by atoms with Crippen LogP contribution in [0.5, 0.6) is 0 Å². The van der Waals surface area contributed by atoms with Crippen LogP contribution in [-0.2, 0) is 9.59 Å². The van der Waals surface area contributed by atoms with E-state index in [2.05, 4.69) is 0 Å². The Bertz CT molecular complexity index is 931. The standard InChI is InChI=1S/C18H12F3NO4S2/c19-18(20,21)28-11-7-5-10(6-8-11)22-15(23)9-14(16(22)24)27-13-4-2-1-3-12(13)17(25)26/h1-8,14H,9H2,(H,25,26)/p-1/t14-/m0/s1. The van der Waals surface area contributed by atoms with Crippen LogP contribution in [0.2, 0.25) is 0 Å². The quantitative estimate of drug-likeness (QED) is 0.540. The van der Waals surface area contributed by atoms with Gasteiger partial charge in [-0.15, -0.1) is 11.8 Å². The van der Waals surface area contributed by atoms with E-state index in [1.54, 1.807) is 6.07 Å². The van der Waals surface area contributed by atoms with Crippen molar-refractivity contribution in [1.82, 2.24) is 0 Å². The van der Waals surface area contributed by atoms with Crippen molar-refractivity contribution in [2.45, 2.75) is 27.0 Å². The van der Waals surface area contributed by atoms with Crippen LogP contribution in [0.25, 0.3) is 0 Å². The molecule has 0 spiro atoms. The molecule has 3 rings (SSSR count). The summed E-state index contributed by atoms with van der Waals surface area (Å²) in [6, 6.07) is 10.9. The fourth-order valence-corrected chi connectivity index (χ4v) is 4.37. The van der Waals surface area contributed by atoms with Crippen LogP contribution in [0, 0.1) is 0 Å². The number of halogens is 3. The van der Waals surface area contributed by atoms with Gasteiger partial charge in [-0.05, 0) is 42.1 Å². The smallest absolute Gasteiger partial charge is 0.446 e. The molecule has 2 amide bonds. The van der Waals surface area contributed by atoms with Crippen molar-refractivity contribution in [3.63, 3.8) is 0 Å². The first kappa shape index (κ1) is 20.3. The average Bonchev–Trinajstić information content (AvgIpc) is 2.88. The van der Waals surface area contributed by atoms with Gasteiger partial charge in [0.05, 0.1) is 16.9 Å². The van der Waals surface area contributed by atoms with E-state index in [4.69, 9.17) is 0 Å². The lowest BCUT2D eigenvalue weighted by atomic mass is 10.2. The van der Waals surface area contributed by atoms with Gasteiger partial charge in [-0.25, -0.2) is 4.90 Å². The molecule has 0 aliphatic carbocycles. The summed E-state index contributed by atoms with van der Waals surface area (Å²) in [7, 11) is 0. The molecule has 1 fully saturated rings. The number of hydrogen-bond acceptors (Lipinski definition) is 6. The second-order valence-corrected chi connectivity index (χ2v) is 8.09. The molecular formula is C18H11F3NO4S2-. The zero-order chi connectivity index (χ0) is 20.5. The fraction of sp³-hybridized carbons (Fsp3) is 0.167. The van der Waals surface area contributed by atoms with Gasteiger partial charge in [0.1, 0.15) is 0 Å². The highest BCUT2D eigenvalue weighted by atomic mass is 32.2. The SMILES string of the molecule is O=C([O-])c1ccccc1S[C@H]1CC(=O)N(c2ccc(SC(F)(F)F)cc2)C1=O. The molecule has 28 heavy (non-hydrogen) atoms. The van der Waals surface area contributed by atoms with Crippen molar-refractivity contribution >= 4 is 47.0 Å². The van der Waals surface area contributed by atoms with E-state index < -0.39 is 28.5 Å². The molecule has 5 nitrogen and oxygen atoms in total. The van der Waals surface area contributed by atoms with Gasteiger partial charge < -0.3 is 9.90 Å². The highest BCUT2D eigenvalue weighted by Gasteiger charge is 2.40. The number of carboxylic acid groups (broad SMARTS) is 1. The number of benzene rings is 2.